The molecule has 0 unspecified atom stereocenters. The van der Waals surface area contributed by atoms with Crippen LogP contribution in [0.3, 0.4) is 0 Å². The predicted molar refractivity (Wildman–Crippen MR) is 162 cm³/mol. The monoisotopic (exact) mass is 437 g/mol. The average Bonchev–Trinajstić information content (AvgIpc) is 3.21. The highest BCUT2D eigenvalue weighted by atomic mass is 16.3. The Morgan fingerprint density at radius 3 is 1.79 bits per heavy atom. The summed E-state index contributed by atoms with van der Waals surface area (Å²) in [6.07, 6.45) is 1.91. The third-order valence-corrected chi connectivity index (χ3v) is 7.70. The van der Waals surface area contributed by atoms with Crippen LogP contribution >= 0.6 is 0 Å². The highest BCUT2D eigenvalue weighted by Gasteiger charge is 2.20. The van der Waals surface area contributed by atoms with E-state index in [1.54, 1.807) is 0 Å². The van der Waals surface area contributed by atoms with Crippen molar-refractivity contribution in [3.05, 3.63) is 60.3 Å². The van der Waals surface area contributed by atoms with Gasteiger partial charge in [0.05, 0.1) is 5.69 Å². The van der Waals surface area contributed by atoms with E-state index in [0.717, 1.165) is 38.8 Å². The lowest BCUT2D eigenvalue weighted by Crippen LogP contribution is -2.55. The highest BCUT2D eigenvalue weighted by Crippen LogP contribution is 2.39. The molecule has 0 aliphatic heterocycles. The number of furan rings is 1. The molecule has 0 saturated heterocycles. The minimum atomic E-state index is 0.0584. The summed E-state index contributed by atoms with van der Waals surface area (Å²) in [5.74, 6) is 0. The molecule has 5 rings (SSSR count). The summed E-state index contributed by atoms with van der Waals surface area (Å²) in [4.78, 5) is 4.73. The maximum Gasteiger partial charge on any atom is 0.144 e. The Morgan fingerprint density at radius 1 is 0.676 bits per heavy atom. The molecule has 0 aliphatic carbocycles. The molecule has 2 nitrogen and oxygen atoms in total. The maximum atomic E-state index is 6.73. The zero-order valence-corrected chi connectivity index (χ0v) is 21.6. The van der Waals surface area contributed by atoms with Crippen LogP contribution in [0.15, 0.2) is 59.1 Å². The average molecular weight is 437 g/mol. The van der Waals surface area contributed by atoms with Crippen LogP contribution in [0, 0.1) is 0 Å². The summed E-state index contributed by atoms with van der Waals surface area (Å²) in [6.45, 7) is 6.70. The second kappa shape index (κ2) is 8.01. The Kier molecular flexibility index (Phi) is 5.35. The number of hydrogen-bond donors (Lipinski definition) is 0. The number of pyridine rings is 1. The number of fused-ring (bicyclic) bond motifs is 3. The Morgan fingerprint density at radius 2 is 1.21 bits per heavy atom. The lowest BCUT2D eigenvalue weighted by molar-refractivity contribution is 0.589. The van der Waals surface area contributed by atoms with E-state index in [4.69, 9.17) is 9.40 Å². The van der Waals surface area contributed by atoms with Crippen LogP contribution in [0.4, 0.5) is 0 Å². The van der Waals surface area contributed by atoms with E-state index >= 15 is 0 Å². The molecule has 34 heavy (non-hydrogen) atoms. The number of rotatable bonds is 2. The first kappa shape index (κ1) is 22.7. The number of aromatic nitrogens is 1. The minimum absolute atomic E-state index is 0.0584. The lowest BCUT2D eigenvalue weighted by Gasteiger charge is -2.20. The van der Waals surface area contributed by atoms with Crippen molar-refractivity contribution in [2.75, 3.05) is 0 Å². The normalized spacial score (nSPS) is 12.0. The van der Waals surface area contributed by atoms with E-state index in [2.05, 4.69) is 109 Å². The standard InChI is InChI=1S/C27H28B5NO/c1-27(2,3)13-10-11-33-18(12-13)16-8-4-6-14-15-7-5-9-17(26(15)34-25(14)16)19-20(28)22(30)24(32)23(31)21(19)29/h4-12H,28-32H2,1-3H3. The van der Waals surface area contributed by atoms with Crippen LogP contribution in [0.25, 0.3) is 44.3 Å². The van der Waals surface area contributed by atoms with Crippen molar-refractivity contribution in [3.63, 3.8) is 0 Å². The molecule has 0 amide bonds. The van der Waals surface area contributed by atoms with Gasteiger partial charge in [0.2, 0.25) is 0 Å². The zero-order chi connectivity index (χ0) is 24.4. The molecule has 0 radical (unpaired) electrons. The van der Waals surface area contributed by atoms with E-state index < -0.39 is 0 Å². The van der Waals surface area contributed by atoms with Crippen molar-refractivity contribution in [2.24, 2.45) is 0 Å². The van der Waals surface area contributed by atoms with Gasteiger partial charge in [0.15, 0.2) is 0 Å². The third kappa shape index (κ3) is 3.45. The summed E-state index contributed by atoms with van der Waals surface area (Å²) in [5, 5.41) is 2.28. The van der Waals surface area contributed by atoms with Crippen molar-refractivity contribution in [3.8, 4) is 22.4 Å². The fourth-order valence-corrected chi connectivity index (χ4v) is 5.17. The maximum absolute atomic E-state index is 6.73. The second-order valence-corrected chi connectivity index (χ2v) is 10.6. The third-order valence-electron chi connectivity index (χ3n) is 7.70. The van der Waals surface area contributed by atoms with Crippen LogP contribution < -0.4 is 27.3 Å². The first-order valence-corrected chi connectivity index (χ1v) is 12.1. The van der Waals surface area contributed by atoms with Crippen LogP contribution in [0.2, 0.25) is 0 Å². The summed E-state index contributed by atoms with van der Waals surface area (Å²) < 4.78 is 6.73. The van der Waals surface area contributed by atoms with Gasteiger partial charge in [-0.15, -0.1) is 16.4 Å². The van der Waals surface area contributed by atoms with Gasteiger partial charge in [0, 0.05) is 28.1 Å². The Bertz CT molecular complexity index is 1570. The molecular weight excluding hydrogens is 408 g/mol. The van der Waals surface area contributed by atoms with Gasteiger partial charge in [-0.05, 0) is 34.7 Å². The number of nitrogens with zero attached hydrogens (tertiary/aromatic N) is 1. The quantitative estimate of drug-likeness (QED) is 0.329. The number of benzene rings is 3. The van der Waals surface area contributed by atoms with E-state index in [1.165, 1.54) is 38.4 Å². The van der Waals surface area contributed by atoms with Crippen molar-refractivity contribution in [1.82, 2.24) is 4.98 Å². The van der Waals surface area contributed by atoms with Crippen LogP contribution in [0.1, 0.15) is 26.3 Å². The summed E-state index contributed by atoms with van der Waals surface area (Å²) in [5.41, 5.74) is 14.4. The molecule has 7 heteroatoms. The molecule has 162 valence electrons. The van der Waals surface area contributed by atoms with Gasteiger partial charge in [0.25, 0.3) is 0 Å². The van der Waals surface area contributed by atoms with E-state index in [0.29, 0.717) is 0 Å². The van der Waals surface area contributed by atoms with Gasteiger partial charge >= 0.3 is 0 Å². The van der Waals surface area contributed by atoms with E-state index in [9.17, 15) is 0 Å². The van der Waals surface area contributed by atoms with Gasteiger partial charge < -0.3 is 4.42 Å². The van der Waals surface area contributed by atoms with Gasteiger partial charge in [-0.3, -0.25) is 4.98 Å². The summed E-state index contributed by atoms with van der Waals surface area (Å²) >= 11 is 0. The largest absolute Gasteiger partial charge is 0.455 e. The van der Waals surface area contributed by atoms with E-state index in [1.807, 2.05) is 6.20 Å². The molecular formula is C27H28B5NO. The summed E-state index contributed by atoms with van der Waals surface area (Å²) in [6, 6.07) is 17.2. The Labute approximate surface area is 206 Å². The first-order valence-electron chi connectivity index (χ1n) is 12.1. The fourth-order valence-electron chi connectivity index (χ4n) is 5.17. The molecule has 2 aromatic heterocycles. The SMILES string of the molecule is Bc1c(B)c(B)c(-c2cccc3c2oc2c(-c4cc(C(C)(C)C)ccn4)cccc23)c(B)c1B. The molecule has 0 spiro atoms. The molecule has 2 heterocycles. The van der Waals surface area contributed by atoms with Crippen molar-refractivity contribution in [1.29, 1.82) is 0 Å². The van der Waals surface area contributed by atoms with Crippen molar-refractivity contribution >= 4 is 88.5 Å². The fraction of sp³-hybridized carbons (Fsp3) is 0.148. The van der Waals surface area contributed by atoms with Crippen molar-refractivity contribution < 1.29 is 4.42 Å². The second-order valence-electron chi connectivity index (χ2n) is 10.6. The minimum Gasteiger partial charge on any atom is -0.455 e. The first-order chi connectivity index (χ1) is 16.1. The van der Waals surface area contributed by atoms with Crippen LogP contribution in [-0.2, 0) is 5.41 Å². The zero-order valence-electron chi connectivity index (χ0n) is 21.6. The van der Waals surface area contributed by atoms with Gasteiger partial charge in [0.1, 0.15) is 50.4 Å². The molecule has 0 N–H and O–H groups in total. The number of para-hydroxylation sites is 2. The molecule has 0 bridgehead atoms. The van der Waals surface area contributed by atoms with E-state index in [-0.39, 0.29) is 5.41 Å². The smallest absolute Gasteiger partial charge is 0.144 e. The Hall–Kier alpha value is -3.07. The lowest BCUT2D eigenvalue weighted by atomic mass is 9.59. The molecule has 5 aromatic rings. The highest BCUT2D eigenvalue weighted by molar-refractivity contribution is 6.68. The molecule has 0 atom stereocenters. The Balaban J connectivity index is 1.82. The summed E-state index contributed by atoms with van der Waals surface area (Å²) in [7, 11) is 11.1. The topological polar surface area (TPSA) is 26.0 Å². The van der Waals surface area contributed by atoms with Gasteiger partial charge in [-0.1, -0.05) is 62.0 Å². The molecule has 3 aromatic carbocycles. The number of hydrogen-bond acceptors (Lipinski definition) is 2. The molecule has 0 fully saturated rings. The van der Waals surface area contributed by atoms with Crippen molar-refractivity contribution in [2.45, 2.75) is 26.2 Å². The van der Waals surface area contributed by atoms with Crippen LogP contribution in [0.5, 0.6) is 0 Å². The van der Waals surface area contributed by atoms with Gasteiger partial charge in [-0.2, -0.15) is 0 Å². The van der Waals surface area contributed by atoms with Crippen LogP contribution in [-0.4, -0.2) is 44.2 Å². The molecule has 0 aliphatic rings. The molecule has 0 saturated carbocycles. The predicted octanol–water partition coefficient (Wildman–Crippen LogP) is -1.10. The van der Waals surface area contributed by atoms with Gasteiger partial charge in [-0.25, -0.2) is 0 Å².